The molecule has 2 heterocycles. The van der Waals surface area contributed by atoms with Crippen molar-refractivity contribution in [3.63, 3.8) is 0 Å². The normalized spacial score (nSPS) is 18.6. The van der Waals surface area contributed by atoms with Gasteiger partial charge in [-0.05, 0) is 30.3 Å². The smallest absolute Gasteiger partial charge is 0.253 e. The number of nitrogens with one attached hydrogen (secondary N) is 2. The van der Waals surface area contributed by atoms with Crippen molar-refractivity contribution in [3.05, 3.63) is 42.0 Å². The van der Waals surface area contributed by atoms with Gasteiger partial charge in [0.25, 0.3) is 5.91 Å². The molecule has 0 atom stereocenters. The summed E-state index contributed by atoms with van der Waals surface area (Å²) in [7, 11) is 0.905. The number of ether oxygens (including phenoxy) is 3. The van der Waals surface area contributed by atoms with Crippen LogP contribution in [0.1, 0.15) is 23.2 Å². The summed E-state index contributed by atoms with van der Waals surface area (Å²) >= 11 is 0. The van der Waals surface area contributed by atoms with E-state index in [1.807, 2.05) is 0 Å². The Labute approximate surface area is 181 Å². The molecule has 1 amide bonds. The number of carbonyl (C=O) groups is 1. The fraction of sp³-hybridized carbons (Fsp3) is 0.381. The van der Waals surface area contributed by atoms with Crippen molar-refractivity contribution >= 4 is 21.6 Å². The van der Waals surface area contributed by atoms with E-state index in [1.54, 1.807) is 35.2 Å². The second-order valence-electron chi connectivity index (χ2n) is 7.54. The summed E-state index contributed by atoms with van der Waals surface area (Å²) in [5.74, 6) is 1.46. The maximum Gasteiger partial charge on any atom is 0.253 e. The highest BCUT2D eigenvalue weighted by atomic mass is 32.2. The molecule has 1 fully saturated rings. The maximum atomic E-state index is 13.0. The predicted molar refractivity (Wildman–Crippen MR) is 114 cm³/mol. The van der Waals surface area contributed by atoms with Gasteiger partial charge in [0.05, 0.1) is 27.0 Å². The Morgan fingerprint density at radius 1 is 0.968 bits per heavy atom. The summed E-state index contributed by atoms with van der Waals surface area (Å²) in [5, 5.41) is 3.33. The van der Waals surface area contributed by atoms with E-state index in [0.717, 1.165) is 0 Å². The molecule has 2 N–H and O–H groups in total. The minimum absolute atomic E-state index is 0.142. The molecule has 166 valence electrons. The number of likely N-dealkylation sites (tertiary alicyclic amines) is 1. The molecule has 0 saturated carbocycles. The zero-order valence-electron chi connectivity index (χ0n) is 17.6. The predicted octanol–water partition coefficient (Wildman–Crippen LogP) is 2.05. The quantitative estimate of drug-likeness (QED) is 0.739. The van der Waals surface area contributed by atoms with Gasteiger partial charge < -0.3 is 24.4 Å². The van der Waals surface area contributed by atoms with Crippen molar-refractivity contribution in [1.29, 1.82) is 0 Å². The standard InChI is InChI=1S/C21H25N3O6S/c1-28-15-5-7-19-16(13-15)22-21(23-31(19,26)27)8-10-24(11-9-21)20(25)14-4-6-17(29-2)18(12-14)30-3/h4-7,12-13,22-23H,8-11H2,1-3H3. The van der Waals surface area contributed by atoms with Crippen molar-refractivity contribution in [2.75, 3.05) is 39.7 Å². The molecule has 2 aliphatic heterocycles. The molecule has 0 bridgehead atoms. The van der Waals surface area contributed by atoms with Crippen LogP contribution in [0.5, 0.6) is 17.2 Å². The number of anilines is 1. The fourth-order valence-electron chi connectivity index (χ4n) is 4.03. The van der Waals surface area contributed by atoms with Gasteiger partial charge in [0.2, 0.25) is 10.0 Å². The number of sulfonamides is 1. The second-order valence-corrected chi connectivity index (χ2v) is 9.19. The number of benzene rings is 2. The first-order chi connectivity index (χ1) is 14.8. The Morgan fingerprint density at radius 3 is 2.32 bits per heavy atom. The van der Waals surface area contributed by atoms with Crippen LogP contribution < -0.4 is 24.2 Å². The average Bonchev–Trinajstić information content (AvgIpc) is 2.77. The Bertz CT molecular complexity index is 1110. The Balaban J connectivity index is 1.52. The lowest BCUT2D eigenvalue weighted by Gasteiger charge is -2.45. The number of carbonyl (C=O) groups excluding carboxylic acids is 1. The number of hydrogen-bond donors (Lipinski definition) is 2. The first-order valence-corrected chi connectivity index (χ1v) is 11.3. The number of nitrogens with zero attached hydrogens (tertiary/aromatic N) is 1. The van der Waals surface area contributed by atoms with Crippen LogP contribution in [0.4, 0.5) is 5.69 Å². The summed E-state index contributed by atoms with van der Waals surface area (Å²) < 4.78 is 44.2. The Hall–Kier alpha value is -2.98. The zero-order chi connectivity index (χ0) is 22.2. The van der Waals surface area contributed by atoms with Crippen molar-refractivity contribution in [2.45, 2.75) is 23.4 Å². The van der Waals surface area contributed by atoms with Crippen LogP contribution in [0.25, 0.3) is 0 Å². The first-order valence-electron chi connectivity index (χ1n) is 9.82. The third-order valence-corrected chi connectivity index (χ3v) is 7.31. The number of rotatable bonds is 4. The van der Waals surface area contributed by atoms with E-state index >= 15 is 0 Å². The summed E-state index contributed by atoms with van der Waals surface area (Å²) in [4.78, 5) is 14.9. The molecule has 10 heteroatoms. The van der Waals surface area contributed by atoms with E-state index in [4.69, 9.17) is 14.2 Å². The van der Waals surface area contributed by atoms with Crippen LogP contribution in [-0.2, 0) is 10.0 Å². The van der Waals surface area contributed by atoms with Gasteiger partial charge in [0.1, 0.15) is 16.3 Å². The fourth-order valence-corrected chi connectivity index (χ4v) is 5.56. The molecule has 31 heavy (non-hydrogen) atoms. The minimum Gasteiger partial charge on any atom is -0.497 e. The van der Waals surface area contributed by atoms with Crippen LogP contribution in [0.2, 0.25) is 0 Å². The monoisotopic (exact) mass is 447 g/mol. The van der Waals surface area contributed by atoms with E-state index < -0.39 is 15.7 Å². The number of piperidine rings is 1. The second kappa shape index (κ2) is 7.93. The van der Waals surface area contributed by atoms with Crippen LogP contribution in [0.3, 0.4) is 0 Å². The van der Waals surface area contributed by atoms with Gasteiger partial charge in [0.15, 0.2) is 11.5 Å². The molecule has 2 aromatic carbocycles. The lowest BCUT2D eigenvalue weighted by atomic mass is 9.96. The van der Waals surface area contributed by atoms with Gasteiger partial charge >= 0.3 is 0 Å². The Kier molecular flexibility index (Phi) is 5.44. The molecule has 1 saturated heterocycles. The number of hydrogen-bond acceptors (Lipinski definition) is 7. The molecule has 9 nitrogen and oxygen atoms in total. The van der Waals surface area contributed by atoms with Gasteiger partial charge in [-0.2, -0.15) is 4.72 Å². The molecular formula is C21H25N3O6S. The largest absolute Gasteiger partial charge is 0.497 e. The summed E-state index contributed by atoms with van der Waals surface area (Å²) in [6, 6.07) is 9.84. The lowest BCUT2D eigenvalue weighted by molar-refractivity contribution is 0.0675. The molecule has 2 aliphatic rings. The summed E-state index contributed by atoms with van der Waals surface area (Å²) in [6.07, 6.45) is 0.837. The van der Waals surface area contributed by atoms with E-state index in [9.17, 15) is 13.2 Å². The van der Waals surface area contributed by atoms with Crippen molar-refractivity contribution in [1.82, 2.24) is 9.62 Å². The molecule has 0 aliphatic carbocycles. The van der Waals surface area contributed by atoms with Crippen molar-refractivity contribution in [3.8, 4) is 17.2 Å². The maximum absolute atomic E-state index is 13.0. The molecular weight excluding hydrogens is 422 g/mol. The lowest BCUT2D eigenvalue weighted by Crippen LogP contribution is -2.62. The van der Waals surface area contributed by atoms with Gasteiger partial charge in [-0.1, -0.05) is 0 Å². The number of fused-ring (bicyclic) bond motifs is 1. The summed E-state index contributed by atoms with van der Waals surface area (Å²) in [5.41, 5.74) is 0.130. The van der Waals surface area contributed by atoms with E-state index in [-0.39, 0.29) is 10.8 Å². The van der Waals surface area contributed by atoms with Crippen LogP contribution >= 0.6 is 0 Å². The van der Waals surface area contributed by atoms with Gasteiger partial charge in [-0.3, -0.25) is 4.79 Å². The number of amides is 1. The van der Waals surface area contributed by atoms with Gasteiger partial charge in [-0.15, -0.1) is 0 Å². The minimum atomic E-state index is -3.68. The van der Waals surface area contributed by atoms with Crippen molar-refractivity contribution in [2.24, 2.45) is 0 Å². The highest BCUT2D eigenvalue weighted by molar-refractivity contribution is 7.89. The zero-order valence-corrected chi connectivity index (χ0v) is 18.4. The van der Waals surface area contributed by atoms with Crippen LogP contribution in [-0.4, -0.2) is 59.3 Å². The third-order valence-electron chi connectivity index (χ3n) is 5.71. The van der Waals surface area contributed by atoms with Gasteiger partial charge in [-0.25, -0.2) is 8.42 Å². The molecule has 2 aromatic rings. The Morgan fingerprint density at radius 2 is 1.68 bits per heavy atom. The third kappa shape index (κ3) is 3.88. The molecule has 0 radical (unpaired) electrons. The molecule has 1 spiro atoms. The SMILES string of the molecule is COc1ccc2c(c1)NC1(CCN(C(=O)c3ccc(OC)c(OC)c3)CC1)NS2(=O)=O. The number of methoxy groups -OCH3 is 3. The highest BCUT2D eigenvalue weighted by Crippen LogP contribution is 2.37. The molecule has 0 aromatic heterocycles. The van der Waals surface area contributed by atoms with Crippen LogP contribution in [0, 0.1) is 0 Å². The van der Waals surface area contributed by atoms with Crippen LogP contribution in [0.15, 0.2) is 41.3 Å². The molecule has 4 rings (SSSR count). The topological polar surface area (TPSA) is 106 Å². The van der Waals surface area contributed by atoms with E-state index in [0.29, 0.717) is 54.4 Å². The molecule has 0 unspecified atom stereocenters. The van der Waals surface area contributed by atoms with E-state index in [1.165, 1.54) is 27.4 Å². The summed E-state index contributed by atoms with van der Waals surface area (Å²) in [6.45, 7) is 0.782. The average molecular weight is 448 g/mol. The van der Waals surface area contributed by atoms with Gasteiger partial charge in [0, 0.05) is 37.6 Å². The highest BCUT2D eigenvalue weighted by Gasteiger charge is 2.44. The van der Waals surface area contributed by atoms with E-state index in [2.05, 4.69) is 10.0 Å². The first kappa shape index (κ1) is 21.3. The van der Waals surface area contributed by atoms with Crippen molar-refractivity contribution < 1.29 is 27.4 Å².